The van der Waals surface area contributed by atoms with Crippen LogP contribution in [0.3, 0.4) is 0 Å². The van der Waals surface area contributed by atoms with E-state index in [-0.39, 0.29) is 21.9 Å². The van der Waals surface area contributed by atoms with Gasteiger partial charge < -0.3 is 0 Å². The Morgan fingerprint density at radius 3 is 1.92 bits per heavy atom. The molecule has 0 bridgehead atoms. The third-order valence-electron chi connectivity index (χ3n) is 4.36. The van der Waals surface area contributed by atoms with Crippen LogP contribution in [0.2, 0.25) is 0 Å². The molecule has 3 rings (SSSR count). The van der Waals surface area contributed by atoms with Gasteiger partial charge in [0.15, 0.2) is 0 Å². The molecule has 128 valence electrons. The summed E-state index contributed by atoms with van der Waals surface area (Å²) in [5, 5.41) is -0.0336. The van der Waals surface area contributed by atoms with Gasteiger partial charge in [-0.1, -0.05) is 74.3 Å². The fourth-order valence-electron chi connectivity index (χ4n) is 2.82. The van der Waals surface area contributed by atoms with E-state index in [1.807, 2.05) is 43.3 Å². The van der Waals surface area contributed by atoms with E-state index >= 15 is 0 Å². The highest BCUT2D eigenvalue weighted by molar-refractivity contribution is 6.60. The fourth-order valence-corrected chi connectivity index (χ4v) is 3.09. The van der Waals surface area contributed by atoms with Crippen LogP contribution in [0.5, 0.6) is 0 Å². The Morgan fingerprint density at radius 2 is 1.40 bits per heavy atom. The van der Waals surface area contributed by atoms with E-state index in [0.29, 0.717) is 11.3 Å². The van der Waals surface area contributed by atoms with E-state index in [1.165, 1.54) is 0 Å². The molecule has 0 atom stereocenters. The minimum Gasteiger partial charge on any atom is -0.268 e. The summed E-state index contributed by atoms with van der Waals surface area (Å²) in [4.78, 5) is 26.6. The molecular formula is C21H20ClNO2. The van der Waals surface area contributed by atoms with Crippen molar-refractivity contribution in [3.8, 4) is 0 Å². The second-order valence-corrected chi connectivity index (χ2v) is 7.68. The van der Waals surface area contributed by atoms with Gasteiger partial charge in [-0.15, -0.1) is 0 Å². The molecule has 0 saturated carbocycles. The first-order chi connectivity index (χ1) is 11.7. The van der Waals surface area contributed by atoms with Gasteiger partial charge in [-0.2, -0.15) is 0 Å². The van der Waals surface area contributed by atoms with E-state index in [2.05, 4.69) is 20.8 Å². The zero-order chi connectivity index (χ0) is 18.4. The average molecular weight is 354 g/mol. The number of benzene rings is 2. The van der Waals surface area contributed by atoms with Gasteiger partial charge in [0.25, 0.3) is 11.8 Å². The highest BCUT2D eigenvalue weighted by Crippen LogP contribution is 2.35. The van der Waals surface area contributed by atoms with E-state index < -0.39 is 5.91 Å². The molecule has 2 aromatic carbocycles. The molecule has 0 aromatic heterocycles. The molecule has 3 nitrogen and oxygen atoms in total. The van der Waals surface area contributed by atoms with Crippen LogP contribution in [0.4, 0.5) is 5.69 Å². The number of carbonyl (C=O) groups excluding carboxylic acids is 2. The summed E-state index contributed by atoms with van der Waals surface area (Å²) >= 11 is 6.21. The lowest BCUT2D eigenvalue weighted by atomic mass is 9.87. The van der Waals surface area contributed by atoms with Gasteiger partial charge >= 0.3 is 0 Å². The van der Waals surface area contributed by atoms with Gasteiger partial charge in [0.1, 0.15) is 5.03 Å². The molecule has 1 aliphatic rings. The third-order valence-corrected chi connectivity index (χ3v) is 4.71. The summed E-state index contributed by atoms with van der Waals surface area (Å²) in [6.07, 6.45) is 0. The number of anilines is 1. The summed E-state index contributed by atoms with van der Waals surface area (Å²) in [6.45, 7) is 8.30. The molecule has 1 heterocycles. The van der Waals surface area contributed by atoms with E-state index in [0.717, 1.165) is 16.0 Å². The molecule has 0 fully saturated rings. The van der Waals surface area contributed by atoms with Crippen LogP contribution in [0.25, 0.3) is 5.57 Å². The molecule has 0 aliphatic carbocycles. The SMILES string of the molecule is Cc1ccc(C2=C(Cl)C(=O)N(c3ccc(C(C)(C)C)cc3)C2=O)cc1. The number of hydrogen-bond donors (Lipinski definition) is 0. The number of imide groups is 1. The molecule has 0 unspecified atom stereocenters. The number of rotatable bonds is 2. The number of hydrogen-bond acceptors (Lipinski definition) is 2. The van der Waals surface area contributed by atoms with Gasteiger partial charge in [-0.05, 0) is 35.6 Å². The lowest BCUT2D eigenvalue weighted by Gasteiger charge is -2.21. The normalized spacial score (nSPS) is 15.3. The van der Waals surface area contributed by atoms with Crippen LogP contribution in [0.1, 0.15) is 37.5 Å². The van der Waals surface area contributed by atoms with Crippen LogP contribution < -0.4 is 4.90 Å². The van der Waals surface area contributed by atoms with Crippen molar-refractivity contribution in [3.05, 3.63) is 70.3 Å². The first-order valence-corrected chi connectivity index (χ1v) is 8.54. The predicted molar refractivity (Wildman–Crippen MR) is 102 cm³/mol. The van der Waals surface area contributed by atoms with Gasteiger partial charge in [-0.25, -0.2) is 4.90 Å². The second kappa shape index (κ2) is 6.16. The van der Waals surface area contributed by atoms with Crippen LogP contribution >= 0.6 is 11.6 Å². The van der Waals surface area contributed by atoms with Crippen molar-refractivity contribution in [3.63, 3.8) is 0 Å². The van der Waals surface area contributed by atoms with E-state index in [4.69, 9.17) is 11.6 Å². The zero-order valence-electron chi connectivity index (χ0n) is 14.8. The number of aryl methyl sites for hydroxylation is 1. The molecule has 0 spiro atoms. The Bertz CT molecular complexity index is 872. The molecular weight excluding hydrogens is 334 g/mol. The largest absolute Gasteiger partial charge is 0.277 e. The highest BCUT2D eigenvalue weighted by atomic mass is 35.5. The average Bonchev–Trinajstić information content (AvgIpc) is 2.78. The van der Waals surface area contributed by atoms with Crippen LogP contribution in [-0.2, 0) is 15.0 Å². The van der Waals surface area contributed by atoms with Crippen molar-refractivity contribution in [2.75, 3.05) is 4.90 Å². The minimum absolute atomic E-state index is 0.000507. The molecule has 1 aliphatic heterocycles. The Kier molecular flexibility index (Phi) is 4.29. The van der Waals surface area contributed by atoms with Gasteiger partial charge in [-0.3, -0.25) is 9.59 Å². The first-order valence-electron chi connectivity index (χ1n) is 8.16. The predicted octanol–water partition coefficient (Wildman–Crippen LogP) is 4.82. The van der Waals surface area contributed by atoms with Gasteiger partial charge in [0.2, 0.25) is 0 Å². The first kappa shape index (κ1) is 17.4. The minimum atomic E-state index is -0.481. The smallest absolute Gasteiger partial charge is 0.268 e. The van der Waals surface area contributed by atoms with Crippen molar-refractivity contribution in [1.29, 1.82) is 0 Å². The third kappa shape index (κ3) is 3.12. The van der Waals surface area contributed by atoms with Gasteiger partial charge in [0, 0.05) is 0 Å². The molecule has 2 aromatic rings. The van der Waals surface area contributed by atoms with Crippen LogP contribution in [0.15, 0.2) is 53.6 Å². The number of carbonyl (C=O) groups is 2. The summed E-state index contributed by atoms with van der Waals surface area (Å²) in [6, 6.07) is 14.9. The second-order valence-electron chi connectivity index (χ2n) is 7.30. The maximum atomic E-state index is 12.9. The molecule has 0 radical (unpaired) electrons. The molecule has 0 saturated heterocycles. The van der Waals surface area contributed by atoms with Crippen molar-refractivity contribution < 1.29 is 9.59 Å². The molecule has 2 amide bonds. The lowest BCUT2D eigenvalue weighted by Crippen LogP contribution is -2.31. The van der Waals surface area contributed by atoms with Crippen LogP contribution in [-0.4, -0.2) is 11.8 Å². The van der Waals surface area contributed by atoms with Crippen molar-refractivity contribution in [2.45, 2.75) is 33.1 Å². The number of nitrogens with zero attached hydrogens (tertiary/aromatic N) is 1. The fraction of sp³-hybridized carbons (Fsp3) is 0.238. The maximum Gasteiger partial charge on any atom is 0.277 e. The molecule has 0 N–H and O–H groups in total. The van der Waals surface area contributed by atoms with Crippen molar-refractivity contribution in [2.24, 2.45) is 0 Å². The number of halogens is 1. The number of amides is 2. The Hall–Kier alpha value is -2.39. The zero-order valence-corrected chi connectivity index (χ0v) is 15.5. The standard InChI is InChI=1S/C21H20ClNO2/c1-13-5-7-14(8-6-13)17-18(22)20(25)23(19(17)24)16-11-9-15(10-12-16)21(2,3)4/h5-12H,1-4H3. The summed E-state index contributed by atoms with van der Waals surface area (Å²) in [5.41, 5.74) is 3.65. The van der Waals surface area contributed by atoms with E-state index in [1.54, 1.807) is 12.1 Å². The monoisotopic (exact) mass is 353 g/mol. The van der Waals surface area contributed by atoms with Gasteiger partial charge in [0.05, 0.1) is 11.3 Å². The Morgan fingerprint density at radius 1 is 0.840 bits per heavy atom. The maximum absolute atomic E-state index is 12.9. The lowest BCUT2D eigenvalue weighted by molar-refractivity contribution is -0.119. The van der Waals surface area contributed by atoms with Crippen LogP contribution in [0, 0.1) is 6.92 Å². The molecule has 4 heteroatoms. The van der Waals surface area contributed by atoms with Crippen molar-refractivity contribution >= 4 is 34.7 Å². The summed E-state index contributed by atoms with van der Waals surface area (Å²) in [7, 11) is 0. The highest BCUT2D eigenvalue weighted by Gasteiger charge is 2.39. The van der Waals surface area contributed by atoms with E-state index in [9.17, 15) is 9.59 Å². The van der Waals surface area contributed by atoms with Crippen molar-refractivity contribution in [1.82, 2.24) is 0 Å². The molecule has 25 heavy (non-hydrogen) atoms. The Balaban J connectivity index is 1.97. The summed E-state index contributed by atoms with van der Waals surface area (Å²) < 4.78 is 0. The summed E-state index contributed by atoms with van der Waals surface area (Å²) in [5.74, 6) is -0.867. The quantitative estimate of drug-likeness (QED) is 0.726. The Labute approximate surface area is 152 Å². The topological polar surface area (TPSA) is 37.4 Å².